The maximum Gasteiger partial charge on any atom is 0.119 e. The summed E-state index contributed by atoms with van der Waals surface area (Å²) in [6, 6.07) is 7.62. The number of aromatic nitrogens is 3. The molecule has 0 spiro atoms. The molecular weight excluding hydrogens is 308 g/mol. The molecule has 0 saturated carbocycles. The second-order valence-corrected chi connectivity index (χ2v) is 5.20. The molecule has 1 aromatic heterocycles. The molecule has 0 N–H and O–H groups in total. The zero-order chi connectivity index (χ0) is 16.9. The van der Waals surface area contributed by atoms with Gasteiger partial charge in [-0.25, -0.2) is 0 Å². The predicted molar refractivity (Wildman–Crippen MR) is 89.9 cm³/mol. The lowest BCUT2D eigenvalue weighted by Crippen LogP contribution is -2.03. The second kappa shape index (κ2) is 10.9. The van der Waals surface area contributed by atoms with Crippen LogP contribution in [0.4, 0.5) is 0 Å². The van der Waals surface area contributed by atoms with Crippen LogP contribution in [-0.2, 0) is 6.54 Å². The fraction of sp³-hybridized carbons (Fsp3) is 0.500. The Morgan fingerprint density at radius 3 is 2.25 bits per heavy atom. The van der Waals surface area contributed by atoms with E-state index < -0.39 is 0 Å². The molecule has 8 heteroatoms. The lowest BCUT2D eigenvalue weighted by atomic mass is 10.3. The Kier molecular flexibility index (Phi) is 8.01. The lowest BCUT2D eigenvalue weighted by molar-refractivity contribution is 0.296. The summed E-state index contributed by atoms with van der Waals surface area (Å²) in [6.07, 6.45) is 7.20. The molecule has 24 heavy (non-hydrogen) atoms. The minimum atomic E-state index is 0.517. The number of rotatable bonds is 12. The van der Waals surface area contributed by atoms with Gasteiger partial charge in [-0.2, -0.15) is 0 Å². The number of ether oxygens (including phenoxy) is 2. The number of aryl methyl sites for hydroxylation is 1. The summed E-state index contributed by atoms with van der Waals surface area (Å²) in [7, 11) is 0. The van der Waals surface area contributed by atoms with E-state index in [1.54, 1.807) is 6.20 Å². The number of benzene rings is 1. The first kappa shape index (κ1) is 17.6. The van der Waals surface area contributed by atoms with Crippen LogP contribution in [0.3, 0.4) is 0 Å². The van der Waals surface area contributed by atoms with Crippen LogP contribution in [-0.4, -0.2) is 34.8 Å². The number of hydrogen-bond acceptors (Lipinski definition) is 5. The van der Waals surface area contributed by atoms with Gasteiger partial charge in [0.1, 0.15) is 11.5 Å². The molecule has 2 aromatic rings. The molecule has 0 saturated heterocycles. The molecule has 0 fully saturated rings. The van der Waals surface area contributed by atoms with E-state index in [0.29, 0.717) is 19.8 Å². The zero-order valence-corrected chi connectivity index (χ0v) is 13.6. The highest BCUT2D eigenvalue weighted by molar-refractivity contribution is 5.31. The number of nitrogens with zero attached hydrogens (tertiary/aromatic N) is 6. The van der Waals surface area contributed by atoms with Gasteiger partial charge < -0.3 is 9.47 Å². The zero-order valence-electron chi connectivity index (χ0n) is 13.6. The average molecular weight is 330 g/mol. The summed E-state index contributed by atoms with van der Waals surface area (Å²) >= 11 is 0. The minimum Gasteiger partial charge on any atom is -0.494 e. The molecule has 2 rings (SSSR count). The molecule has 1 aromatic carbocycles. The minimum absolute atomic E-state index is 0.517. The van der Waals surface area contributed by atoms with E-state index in [2.05, 4.69) is 20.3 Å². The van der Waals surface area contributed by atoms with Gasteiger partial charge in [-0.05, 0) is 55.5 Å². The Morgan fingerprint density at radius 1 is 1.00 bits per heavy atom. The quantitative estimate of drug-likeness (QED) is 0.257. The maximum atomic E-state index is 8.17. The van der Waals surface area contributed by atoms with Gasteiger partial charge in [-0.1, -0.05) is 10.3 Å². The molecule has 0 bridgehead atoms. The van der Waals surface area contributed by atoms with E-state index in [1.165, 1.54) is 0 Å². The van der Waals surface area contributed by atoms with Crippen LogP contribution in [0, 0.1) is 0 Å². The Balaban J connectivity index is 1.55. The Bertz CT molecular complexity index is 608. The first-order valence-corrected chi connectivity index (χ1v) is 8.09. The summed E-state index contributed by atoms with van der Waals surface area (Å²) in [6.45, 7) is 2.66. The third-order valence-corrected chi connectivity index (χ3v) is 3.33. The molecular formula is C16H22N6O2. The fourth-order valence-corrected chi connectivity index (χ4v) is 2.07. The van der Waals surface area contributed by atoms with Crippen molar-refractivity contribution in [2.45, 2.75) is 32.2 Å². The van der Waals surface area contributed by atoms with Crippen molar-refractivity contribution in [1.82, 2.24) is 15.0 Å². The van der Waals surface area contributed by atoms with Crippen molar-refractivity contribution >= 4 is 0 Å². The van der Waals surface area contributed by atoms with Crippen LogP contribution in [0.15, 0.2) is 41.8 Å². The van der Waals surface area contributed by atoms with Gasteiger partial charge in [0, 0.05) is 24.2 Å². The SMILES string of the molecule is [N-]=[N+]=NCCCCOc1ccc(OCCCCn2ccnn2)cc1. The van der Waals surface area contributed by atoms with E-state index in [4.69, 9.17) is 15.0 Å². The first-order valence-electron chi connectivity index (χ1n) is 8.09. The topological polar surface area (TPSA) is 97.9 Å². The van der Waals surface area contributed by atoms with Gasteiger partial charge in [0.15, 0.2) is 0 Å². The highest BCUT2D eigenvalue weighted by atomic mass is 16.5. The van der Waals surface area contributed by atoms with E-state index in [-0.39, 0.29) is 0 Å². The summed E-state index contributed by atoms with van der Waals surface area (Å²) in [5, 5.41) is 11.2. The molecule has 8 nitrogen and oxygen atoms in total. The molecule has 1 heterocycles. The van der Waals surface area contributed by atoms with Gasteiger partial charge in [0.25, 0.3) is 0 Å². The van der Waals surface area contributed by atoms with E-state index in [1.807, 2.05) is 35.1 Å². The average Bonchev–Trinajstić information content (AvgIpc) is 3.12. The maximum absolute atomic E-state index is 8.17. The van der Waals surface area contributed by atoms with Crippen molar-refractivity contribution in [3.63, 3.8) is 0 Å². The predicted octanol–water partition coefficient (Wildman–Crippen LogP) is 3.61. The van der Waals surface area contributed by atoms with Gasteiger partial charge in [0.2, 0.25) is 0 Å². The molecule has 0 unspecified atom stereocenters. The number of unbranched alkanes of at least 4 members (excludes halogenated alkanes) is 2. The third kappa shape index (κ3) is 7.02. The van der Waals surface area contributed by atoms with Crippen molar-refractivity contribution in [2.24, 2.45) is 5.11 Å². The van der Waals surface area contributed by atoms with Crippen molar-refractivity contribution in [2.75, 3.05) is 19.8 Å². The Labute approximate surface area is 141 Å². The summed E-state index contributed by atoms with van der Waals surface area (Å²) < 4.78 is 13.1. The summed E-state index contributed by atoms with van der Waals surface area (Å²) in [4.78, 5) is 2.71. The highest BCUT2D eigenvalue weighted by Crippen LogP contribution is 2.18. The van der Waals surface area contributed by atoms with Gasteiger partial charge in [0.05, 0.1) is 19.4 Å². The van der Waals surface area contributed by atoms with Crippen molar-refractivity contribution in [3.8, 4) is 11.5 Å². The molecule has 0 radical (unpaired) electrons. The van der Waals surface area contributed by atoms with Crippen molar-refractivity contribution in [3.05, 3.63) is 47.1 Å². The Morgan fingerprint density at radius 2 is 1.67 bits per heavy atom. The van der Waals surface area contributed by atoms with E-state index in [0.717, 1.165) is 43.7 Å². The van der Waals surface area contributed by atoms with Crippen LogP contribution in [0.2, 0.25) is 0 Å². The first-order chi connectivity index (χ1) is 11.9. The normalized spacial score (nSPS) is 10.2. The third-order valence-electron chi connectivity index (χ3n) is 3.33. The van der Waals surface area contributed by atoms with Gasteiger partial charge >= 0.3 is 0 Å². The molecule has 0 amide bonds. The van der Waals surface area contributed by atoms with Gasteiger partial charge in [-0.3, -0.25) is 4.68 Å². The molecule has 0 aliphatic rings. The standard InChI is InChI=1S/C16H22N6O2/c17-20-18-9-1-3-13-23-15-5-7-16(8-6-15)24-14-4-2-11-22-12-10-19-21-22/h5-8,10,12H,1-4,9,11,13-14H2. The molecule has 0 aliphatic carbocycles. The van der Waals surface area contributed by atoms with Crippen molar-refractivity contribution in [1.29, 1.82) is 0 Å². The lowest BCUT2D eigenvalue weighted by Gasteiger charge is -2.08. The molecule has 0 atom stereocenters. The van der Waals surface area contributed by atoms with Crippen LogP contribution >= 0.6 is 0 Å². The van der Waals surface area contributed by atoms with Crippen LogP contribution in [0.25, 0.3) is 10.4 Å². The summed E-state index contributed by atoms with van der Waals surface area (Å²) in [5.74, 6) is 1.66. The second-order valence-electron chi connectivity index (χ2n) is 5.20. The van der Waals surface area contributed by atoms with Crippen molar-refractivity contribution < 1.29 is 9.47 Å². The monoisotopic (exact) mass is 330 g/mol. The van der Waals surface area contributed by atoms with Gasteiger partial charge in [-0.15, -0.1) is 5.10 Å². The smallest absolute Gasteiger partial charge is 0.119 e. The highest BCUT2D eigenvalue weighted by Gasteiger charge is 1.98. The fourth-order valence-electron chi connectivity index (χ4n) is 2.07. The van der Waals surface area contributed by atoms with Crippen LogP contribution < -0.4 is 9.47 Å². The number of hydrogen-bond donors (Lipinski definition) is 0. The summed E-state index contributed by atoms with van der Waals surface area (Å²) in [5.41, 5.74) is 8.17. The molecule has 0 aliphatic heterocycles. The van der Waals surface area contributed by atoms with Crippen LogP contribution in [0.1, 0.15) is 25.7 Å². The Hall–Kier alpha value is -2.73. The van der Waals surface area contributed by atoms with E-state index in [9.17, 15) is 0 Å². The molecule has 128 valence electrons. The number of azide groups is 1. The largest absolute Gasteiger partial charge is 0.494 e. The van der Waals surface area contributed by atoms with E-state index >= 15 is 0 Å². The van der Waals surface area contributed by atoms with Crippen LogP contribution in [0.5, 0.6) is 11.5 Å².